The topological polar surface area (TPSA) is 46.5 Å². The summed E-state index contributed by atoms with van der Waals surface area (Å²) in [6, 6.07) is 13.3. The lowest BCUT2D eigenvalue weighted by Gasteiger charge is -2.11. The van der Waals surface area contributed by atoms with Crippen molar-refractivity contribution >= 4 is 5.97 Å². The van der Waals surface area contributed by atoms with Gasteiger partial charge in [0.25, 0.3) is 0 Å². The van der Waals surface area contributed by atoms with Crippen molar-refractivity contribution in [3.05, 3.63) is 53.6 Å². The molecule has 0 aliphatic heterocycles. The summed E-state index contributed by atoms with van der Waals surface area (Å²) in [6.07, 6.45) is 1.93. The zero-order chi connectivity index (χ0) is 15.2. The summed E-state index contributed by atoms with van der Waals surface area (Å²) in [6.45, 7) is 4.64. The molecule has 3 heteroatoms. The lowest BCUT2D eigenvalue weighted by atomic mass is 10.0. The highest BCUT2D eigenvalue weighted by Gasteiger charge is 2.13. The number of hydrogen-bond acceptors (Lipinski definition) is 2. The maximum absolute atomic E-state index is 11.4. The number of rotatable bonds is 6. The Kier molecular flexibility index (Phi) is 4.99. The number of unbranched alkanes of at least 4 members (excludes halogenated alkanes) is 1. The molecule has 0 spiro atoms. The van der Waals surface area contributed by atoms with Gasteiger partial charge in [-0.05, 0) is 36.6 Å². The van der Waals surface area contributed by atoms with E-state index >= 15 is 0 Å². The quantitative estimate of drug-likeness (QED) is 0.792. The molecule has 0 amide bonds. The Morgan fingerprint density at radius 2 is 1.76 bits per heavy atom. The van der Waals surface area contributed by atoms with Crippen LogP contribution in [0.1, 0.15) is 35.7 Å². The lowest BCUT2D eigenvalue weighted by Crippen LogP contribution is -2.04. The van der Waals surface area contributed by atoms with E-state index < -0.39 is 5.97 Å². The number of aryl methyl sites for hydroxylation is 1. The highest BCUT2D eigenvalue weighted by molar-refractivity contribution is 5.92. The Hall–Kier alpha value is -2.29. The maximum atomic E-state index is 11.4. The third-order valence-electron chi connectivity index (χ3n) is 3.35. The lowest BCUT2D eigenvalue weighted by molar-refractivity contribution is 0.0692. The Labute approximate surface area is 125 Å². The van der Waals surface area contributed by atoms with Gasteiger partial charge in [0.2, 0.25) is 0 Å². The molecule has 0 aromatic heterocycles. The van der Waals surface area contributed by atoms with Gasteiger partial charge >= 0.3 is 5.97 Å². The van der Waals surface area contributed by atoms with E-state index in [1.807, 2.05) is 37.3 Å². The first-order valence-electron chi connectivity index (χ1n) is 7.19. The minimum Gasteiger partial charge on any atom is -0.493 e. The Morgan fingerprint density at radius 3 is 2.38 bits per heavy atom. The molecular weight excluding hydrogens is 264 g/mol. The molecule has 0 aliphatic rings. The van der Waals surface area contributed by atoms with E-state index in [0.717, 1.165) is 24.0 Å². The molecule has 2 aromatic carbocycles. The summed E-state index contributed by atoms with van der Waals surface area (Å²) in [4.78, 5) is 11.4. The van der Waals surface area contributed by atoms with Gasteiger partial charge in [-0.15, -0.1) is 0 Å². The van der Waals surface area contributed by atoms with Crippen molar-refractivity contribution in [1.82, 2.24) is 0 Å². The van der Waals surface area contributed by atoms with Gasteiger partial charge in [0, 0.05) is 0 Å². The van der Waals surface area contributed by atoms with Gasteiger partial charge in [-0.25, -0.2) is 4.79 Å². The Balaban J connectivity index is 2.31. The van der Waals surface area contributed by atoms with E-state index in [2.05, 4.69) is 6.92 Å². The standard InChI is InChI=1S/C18H20O3/c1-3-4-11-21-17-10-9-15(12-16(17)18(19)20)14-7-5-13(2)6-8-14/h5-10,12H,3-4,11H2,1-2H3,(H,19,20). The smallest absolute Gasteiger partial charge is 0.339 e. The summed E-state index contributed by atoms with van der Waals surface area (Å²) in [5, 5.41) is 9.36. The second-order valence-corrected chi connectivity index (χ2v) is 5.08. The highest BCUT2D eigenvalue weighted by Crippen LogP contribution is 2.27. The fourth-order valence-corrected chi connectivity index (χ4v) is 2.08. The van der Waals surface area contributed by atoms with Crippen LogP contribution in [-0.2, 0) is 0 Å². The molecule has 3 nitrogen and oxygen atoms in total. The maximum Gasteiger partial charge on any atom is 0.339 e. The van der Waals surface area contributed by atoms with Crippen LogP contribution in [0.2, 0.25) is 0 Å². The molecule has 2 rings (SSSR count). The van der Waals surface area contributed by atoms with Gasteiger partial charge in [0.15, 0.2) is 0 Å². The van der Waals surface area contributed by atoms with E-state index in [-0.39, 0.29) is 5.56 Å². The van der Waals surface area contributed by atoms with Crippen LogP contribution >= 0.6 is 0 Å². The summed E-state index contributed by atoms with van der Waals surface area (Å²) in [5.41, 5.74) is 3.28. The molecule has 0 radical (unpaired) electrons. The monoisotopic (exact) mass is 284 g/mol. The molecule has 0 saturated heterocycles. The molecule has 0 heterocycles. The van der Waals surface area contributed by atoms with Gasteiger partial charge in [0.05, 0.1) is 6.61 Å². The predicted octanol–water partition coefficient (Wildman–Crippen LogP) is 4.54. The average molecular weight is 284 g/mol. The van der Waals surface area contributed by atoms with Gasteiger partial charge in [0.1, 0.15) is 11.3 Å². The molecule has 0 bridgehead atoms. The number of carbonyl (C=O) groups is 1. The van der Waals surface area contributed by atoms with E-state index in [4.69, 9.17) is 4.74 Å². The molecule has 21 heavy (non-hydrogen) atoms. The van der Waals surface area contributed by atoms with E-state index in [1.165, 1.54) is 5.56 Å². The van der Waals surface area contributed by atoms with Gasteiger partial charge in [-0.1, -0.05) is 49.2 Å². The predicted molar refractivity (Wildman–Crippen MR) is 84.0 cm³/mol. The molecule has 110 valence electrons. The summed E-state index contributed by atoms with van der Waals surface area (Å²) in [5.74, 6) is -0.526. The van der Waals surface area contributed by atoms with E-state index in [9.17, 15) is 9.90 Å². The minimum atomic E-state index is -0.963. The zero-order valence-electron chi connectivity index (χ0n) is 12.4. The average Bonchev–Trinajstić information content (AvgIpc) is 2.48. The number of ether oxygens (including phenoxy) is 1. The van der Waals surface area contributed by atoms with E-state index in [1.54, 1.807) is 12.1 Å². The SMILES string of the molecule is CCCCOc1ccc(-c2ccc(C)cc2)cc1C(=O)O. The second kappa shape index (κ2) is 6.93. The molecule has 0 fully saturated rings. The molecule has 0 saturated carbocycles. The third-order valence-corrected chi connectivity index (χ3v) is 3.35. The molecule has 0 unspecified atom stereocenters. The van der Waals surface area contributed by atoms with Gasteiger partial charge in [-0.2, -0.15) is 0 Å². The first-order chi connectivity index (χ1) is 10.1. The zero-order valence-corrected chi connectivity index (χ0v) is 12.4. The van der Waals surface area contributed by atoms with Crippen molar-refractivity contribution < 1.29 is 14.6 Å². The largest absolute Gasteiger partial charge is 0.493 e. The first kappa shape index (κ1) is 15.1. The molecule has 0 aliphatic carbocycles. The third kappa shape index (κ3) is 3.85. The number of benzene rings is 2. The highest BCUT2D eigenvalue weighted by atomic mass is 16.5. The van der Waals surface area contributed by atoms with Gasteiger partial charge < -0.3 is 9.84 Å². The van der Waals surface area contributed by atoms with Crippen LogP contribution in [0.3, 0.4) is 0 Å². The van der Waals surface area contributed by atoms with Crippen LogP contribution in [0.25, 0.3) is 11.1 Å². The Bertz CT molecular complexity index is 615. The summed E-state index contributed by atoms with van der Waals surface area (Å²) >= 11 is 0. The molecule has 2 aromatic rings. The van der Waals surface area contributed by atoms with Crippen LogP contribution in [0, 0.1) is 6.92 Å². The normalized spacial score (nSPS) is 10.4. The Morgan fingerprint density at radius 1 is 1.10 bits per heavy atom. The minimum absolute atomic E-state index is 0.212. The van der Waals surface area contributed by atoms with Crippen molar-refractivity contribution in [3.63, 3.8) is 0 Å². The van der Waals surface area contributed by atoms with Crippen molar-refractivity contribution in [2.75, 3.05) is 6.61 Å². The fraction of sp³-hybridized carbons (Fsp3) is 0.278. The van der Waals surface area contributed by atoms with Gasteiger partial charge in [-0.3, -0.25) is 0 Å². The number of carboxylic acids is 1. The molecule has 0 atom stereocenters. The van der Waals surface area contributed by atoms with Crippen molar-refractivity contribution in [2.45, 2.75) is 26.7 Å². The fourth-order valence-electron chi connectivity index (χ4n) is 2.08. The van der Waals surface area contributed by atoms with Crippen LogP contribution in [0.15, 0.2) is 42.5 Å². The molecular formula is C18H20O3. The number of aromatic carboxylic acids is 1. The van der Waals surface area contributed by atoms with Crippen LogP contribution in [0.5, 0.6) is 5.75 Å². The number of hydrogen-bond donors (Lipinski definition) is 1. The molecule has 1 N–H and O–H groups in total. The van der Waals surface area contributed by atoms with Crippen LogP contribution in [-0.4, -0.2) is 17.7 Å². The summed E-state index contributed by atoms with van der Waals surface area (Å²) in [7, 11) is 0. The van der Waals surface area contributed by atoms with Crippen molar-refractivity contribution in [3.8, 4) is 16.9 Å². The van der Waals surface area contributed by atoms with Crippen molar-refractivity contribution in [1.29, 1.82) is 0 Å². The number of carboxylic acid groups (broad SMARTS) is 1. The first-order valence-corrected chi connectivity index (χ1v) is 7.19. The summed E-state index contributed by atoms with van der Waals surface area (Å²) < 4.78 is 5.57. The second-order valence-electron chi connectivity index (χ2n) is 5.08. The van der Waals surface area contributed by atoms with E-state index in [0.29, 0.717) is 12.4 Å². The van der Waals surface area contributed by atoms with Crippen LogP contribution in [0.4, 0.5) is 0 Å². The van der Waals surface area contributed by atoms with Crippen LogP contribution < -0.4 is 4.74 Å². The van der Waals surface area contributed by atoms with Crippen molar-refractivity contribution in [2.24, 2.45) is 0 Å².